The minimum Gasteiger partial charge on any atom is -0.444 e. The molecule has 156 valence electrons. The van der Waals surface area contributed by atoms with Crippen LogP contribution in [0.1, 0.15) is 58.1 Å². The normalized spacial score (nSPS) is 19.8. The molecule has 6 heteroatoms. The molecule has 0 spiro atoms. The number of rotatable bonds is 5. The molecular weight excluding hydrogens is 364 g/mol. The van der Waals surface area contributed by atoms with E-state index in [1.807, 2.05) is 43.7 Å². The van der Waals surface area contributed by atoms with Gasteiger partial charge in [0.2, 0.25) is 0 Å². The van der Waals surface area contributed by atoms with Crippen LogP contribution in [0.15, 0.2) is 36.5 Å². The summed E-state index contributed by atoms with van der Waals surface area (Å²) < 4.78 is 7.38. The first-order valence-electron chi connectivity index (χ1n) is 10.8. The van der Waals surface area contributed by atoms with Crippen molar-refractivity contribution >= 4 is 11.8 Å². The van der Waals surface area contributed by atoms with Gasteiger partial charge in [0.15, 0.2) is 0 Å². The largest absolute Gasteiger partial charge is 0.444 e. The zero-order valence-corrected chi connectivity index (χ0v) is 17.7. The Morgan fingerprint density at radius 2 is 1.97 bits per heavy atom. The Hall–Kier alpha value is -2.50. The molecule has 1 saturated heterocycles. The second-order valence-electron chi connectivity index (χ2n) is 9.29. The summed E-state index contributed by atoms with van der Waals surface area (Å²) in [6.07, 6.45) is 6.68. The number of alkyl carbamates (subject to hydrolysis) is 1. The van der Waals surface area contributed by atoms with E-state index < -0.39 is 5.60 Å². The third-order valence-corrected chi connectivity index (χ3v) is 5.80. The highest BCUT2D eigenvalue weighted by atomic mass is 16.6. The monoisotopic (exact) mass is 396 g/mol. The predicted octanol–water partition coefficient (Wildman–Crippen LogP) is 4.49. The molecule has 1 aromatic heterocycles. The van der Waals surface area contributed by atoms with Crippen molar-refractivity contribution in [2.75, 3.05) is 24.5 Å². The van der Waals surface area contributed by atoms with Gasteiger partial charge in [0.05, 0.1) is 23.3 Å². The van der Waals surface area contributed by atoms with E-state index >= 15 is 0 Å². The van der Waals surface area contributed by atoms with E-state index in [1.165, 1.54) is 30.6 Å². The number of para-hydroxylation sites is 1. The molecule has 2 heterocycles. The highest BCUT2D eigenvalue weighted by Gasteiger charge is 2.31. The molecule has 29 heavy (non-hydrogen) atoms. The SMILES string of the molecule is CC(C)(C)OC(=O)NC[C@@H]1CCN(c2cn(-c3ccccc3)nc2C2CCC2)C1. The molecule has 1 atom stereocenters. The van der Waals surface area contributed by atoms with Gasteiger partial charge in [-0.25, -0.2) is 9.48 Å². The molecule has 1 saturated carbocycles. The first-order chi connectivity index (χ1) is 13.9. The second-order valence-corrected chi connectivity index (χ2v) is 9.29. The molecule has 0 bridgehead atoms. The maximum Gasteiger partial charge on any atom is 0.407 e. The Morgan fingerprint density at radius 3 is 2.62 bits per heavy atom. The Kier molecular flexibility index (Phi) is 5.52. The van der Waals surface area contributed by atoms with E-state index in [0.29, 0.717) is 18.4 Å². The Bertz CT molecular complexity index is 836. The van der Waals surface area contributed by atoms with E-state index in [2.05, 4.69) is 28.5 Å². The summed E-state index contributed by atoms with van der Waals surface area (Å²) in [5.74, 6) is 1.01. The van der Waals surface area contributed by atoms with Crippen LogP contribution in [0.25, 0.3) is 5.69 Å². The van der Waals surface area contributed by atoms with Crippen molar-refractivity contribution in [3.05, 3.63) is 42.2 Å². The molecule has 1 aliphatic heterocycles. The van der Waals surface area contributed by atoms with Crippen LogP contribution < -0.4 is 10.2 Å². The highest BCUT2D eigenvalue weighted by molar-refractivity contribution is 5.67. The molecule has 2 aliphatic rings. The minimum atomic E-state index is -0.463. The summed E-state index contributed by atoms with van der Waals surface area (Å²) in [7, 11) is 0. The van der Waals surface area contributed by atoms with Crippen molar-refractivity contribution in [2.45, 2.75) is 58.0 Å². The van der Waals surface area contributed by atoms with Crippen LogP contribution in [0.2, 0.25) is 0 Å². The fourth-order valence-corrected chi connectivity index (χ4v) is 4.07. The fraction of sp³-hybridized carbons (Fsp3) is 0.565. The number of ether oxygens (including phenoxy) is 1. The molecular formula is C23H32N4O2. The third-order valence-electron chi connectivity index (χ3n) is 5.80. The second kappa shape index (κ2) is 8.09. The Balaban J connectivity index is 1.43. The molecule has 1 aromatic carbocycles. The lowest BCUT2D eigenvalue weighted by Gasteiger charge is -2.27. The Morgan fingerprint density at radius 1 is 1.21 bits per heavy atom. The van der Waals surface area contributed by atoms with Gasteiger partial charge in [-0.2, -0.15) is 5.10 Å². The van der Waals surface area contributed by atoms with Gasteiger partial charge >= 0.3 is 6.09 Å². The molecule has 4 rings (SSSR count). The number of amides is 1. The molecule has 0 radical (unpaired) electrons. The van der Waals surface area contributed by atoms with Crippen LogP contribution in [0.5, 0.6) is 0 Å². The summed E-state index contributed by atoms with van der Waals surface area (Å²) >= 11 is 0. The van der Waals surface area contributed by atoms with E-state index in [4.69, 9.17) is 9.84 Å². The van der Waals surface area contributed by atoms with Crippen molar-refractivity contribution in [3.63, 3.8) is 0 Å². The van der Waals surface area contributed by atoms with E-state index in [-0.39, 0.29) is 6.09 Å². The lowest BCUT2D eigenvalue weighted by atomic mass is 9.82. The lowest BCUT2D eigenvalue weighted by Crippen LogP contribution is -2.36. The zero-order valence-electron chi connectivity index (χ0n) is 17.7. The van der Waals surface area contributed by atoms with Crippen LogP contribution in [-0.2, 0) is 4.74 Å². The number of carbonyl (C=O) groups excluding carboxylic acids is 1. The van der Waals surface area contributed by atoms with E-state index in [0.717, 1.165) is 25.2 Å². The quantitative estimate of drug-likeness (QED) is 0.809. The van der Waals surface area contributed by atoms with Crippen molar-refractivity contribution in [3.8, 4) is 5.69 Å². The van der Waals surface area contributed by atoms with Crippen molar-refractivity contribution in [1.82, 2.24) is 15.1 Å². The van der Waals surface area contributed by atoms with Crippen LogP contribution in [0, 0.1) is 5.92 Å². The van der Waals surface area contributed by atoms with Gasteiger partial charge in [-0.05, 0) is 58.1 Å². The standard InChI is InChI=1S/C23H32N4O2/c1-23(2,3)29-22(28)24-14-17-12-13-26(15-17)20-16-27(19-10-5-4-6-11-19)25-21(20)18-8-7-9-18/h4-6,10-11,16-18H,7-9,12-15H2,1-3H3,(H,24,28)/t17-/m0/s1. The van der Waals surface area contributed by atoms with E-state index in [1.54, 1.807) is 0 Å². The summed E-state index contributed by atoms with van der Waals surface area (Å²) in [5.41, 5.74) is 3.14. The molecule has 2 aromatic rings. The number of aromatic nitrogens is 2. The Labute approximate surface area is 173 Å². The maximum atomic E-state index is 12.0. The number of hydrogen-bond donors (Lipinski definition) is 1. The van der Waals surface area contributed by atoms with Gasteiger partial charge in [0.1, 0.15) is 5.60 Å². The number of anilines is 1. The van der Waals surface area contributed by atoms with Gasteiger partial charge in [0.25, 0.3) is 0 Å². The maximum absolute atomic E-state index is 12.0. The molecule has 1 N–H and O–H groups in total. The van der Waals surface area contributed by atoms with Crippen LogP contribution in [0.3, 0.4) is 0 Å². The average Bonchev–Trinajstić information content (AvgIpc) is 3.25. The predicted molar refractivity (Wildman–Crippen MR) is 115 cm³/mol. The number of carbonyl (C=O) groups is 1. The van der Waals surface area contributed by atoms with Crippen LogP contribution in [0.4, 0.5) is 10.5 Å². The zero-order chi connectivity index (χ0) is 20.4. The molecule has 0 unspecified atom stereocenters. The summed E-state index contributed by atoms with van der Waals surface area (Å²) in [6, 6.07) is 10.3. The fourth-order valence-electron chi connectivity index (χ4n) is 4.07. The highest BCUT2D eigenvalue weighted by Crippen LogP contribution is 2.41. The van der Waals surface area contributed by atoms with Gasteiger partial charge < -0.3 is 15.0 Å². The molecule has 1 amide bonds. The third kappa shape index (κ3) is 4.74. The van der Waals surface area contributed by atoms with E-state index in [9.17, 15) is 4.79 Å². The number of nitrogens with one attached hydrogen (secondary N) is 1. The number of hydrogen-bond acceptors (Lipinski definition) is 4. The molecule has 6 nitrogen and oxygen atoms in total. The van der Waals surface area contributed by atoms with Gasteiger partial charge in [-0.1, -0.05) is 24.6 Å². The van der Waals surface area contributed by atoms with Crippen LogP contribution in [-0.4, -0.2) is 41.1 Å². The van der Waals surface area contributed by atoms with Crippen LogP contribution >= 0.6 is 0 Å². The van der Waals surface area contributed by atoms with Crippen molar-refractivity contribution in [2.24, 2.45) is 5.92 Å². The smallest absolute Gasteiger partial charge is 0.407 e. The lowest BCUT2D eigenvalue weighted by molar-refractivity contribution is 0.0520. The summed E-state index contributed by atoms with van der Waals surface area (Å²) in [4.78, 5) is 14.4. The summed E-state index contributed by atoms with van der Waals surface area (Å²) in [5, 5.41) is 7.91. The molecule has 1 aliphatic carbocycles. The first kappa shape index (κ1) is 19.8. The van der Waals surface area contributed by atoms with Gasteiger partial charge in [-0.3, -0.25) is 0 Å². The van der Waals surface area contributed by atoms with Crippen molar-refractivity contribution < 1.29 is 9.53 Å². The summed E-state index contributed by atoms with van der Waals surface area (Å²) in [6.45, 7) is 8.25. The average molecular weight is 397 g/mol. The van der Waals surface area contributed by atoms with Crippen molar-refractivity contribution in [1.29, 1.82) is 0 Å². The van der Waals surface area contributed by atoms with Gasteiger partial charge in [0, 0.05) is 25.6 Å². The topological polar surface area (TPSA) is 59.4 Å². The first-order valence-corrected chi connectivity index (χ1v) is 10.8. The molecule has 2 fully saturated rings. The number of nitrogens with zero attached hydrogens (tertiary/aromatic N) is 3. The minimum absolute atomic E-state index is 0.331. The van der Waals surface area contributed by atoms with Gasteiger partial charge in [-0.15, -0.1) is 0 Å². The number of benzene rings is 1.